The minimum absolute atomic E-state index is 0.0730. The van der Waals surface area contributed by atoms with Crippen LogP contribution < -0.4 is 5.73 Å². The van der Waals surface area contributed by atoms with Gasteiger partial charge >= 0.3 is 5.97 Å². The Hall–Kier alpha value is -2.03. The first-order valence-corrected chi connectivity index (χ1v) is 7.06. The van der Waals surface area contributed by atoms with E-state index in [1.165, 1.54) is 12.1 Å². The first-order chi connectivity index (χ1) is 10.1. The molecule has 0 aliphatic heterocycles. The highest BCUT2D eigenvalue weighted by atomic mass is 32.2. The lowest BCUT2D eigenvalue weighted by molar-refractivity contribution is -0.138. The van der Waals surface area contributed by atoms with E-state index in [-0.39, 0.29) is 4.90 Å². The van der Waals surface area contributed by atoms with E-state index >= 15 is 0 Å². The van der Waals surface area contributed by atoms with E-state index in [4.69, 9.17) is 11.0 Å². The lowest BCUT2D eigenvalue weighted by Crippen LogP contribution is -2.31. The van der Waals surface area contributed by atoms with Crippen molar-refractivity contribution in [2.75, 3.05) is 6.67 Å². The molecule has 0 spiro atoms. The van der Waals surface area contributed by atoms with Crippen molar-refractivity contribution in [2.45, 2.75) is 10.9 Å². The molecule has 6 nitrogen and oxygen atoms in total. The van der Waals surface area contributed by atoms with Gasteiger partial charge in [0.2, 0.25) is 0 Å². The van der Waals surface area contributed by atoms with E-state index in [2.05, 4.69) is 5.73 Å². The highest BCUT2D eigenvalue weighted by molar-refractivity contribution is 7.85. The second-order valence-corrected chi connectivity index (χ2v) is 5.37. The number of rotatable bonds is 3. The molecule has 0 aromatic heterocycles. The summed E-state index contributed by atoms with van der Waals surface area (Å²) in [5.74, 6) is -1.65. The first kappa shape index (κ1) is 15.4. The molecule has 0 fully saturated rings. The maximum Gasteiger partial charge on any atom is 0.323 e. The van der Waals surface area contributed by atoms with Crippen LogP contribution in [0.3, 0.4) is 0 Å². The smallest absolute Gasteiger partial charge is 0.323 e. The number of alkyl halides is 1. The first-order valence-electron chi connectivity index (χ1n) is 6.12. The van der Waals surface area contributed by atoms with Gasteiger partial charge in [0.05, 0.1) is 6.27 Å². The number of fused-ring (bicyclic) bond motifs is 1. The van der Waals surface area contributed by atoms with Gasteiger partial charge < -0.3 is 10.8 Å². The third-order valence-corrected chi connectivity index (χ3v) is 3.29. The molecule has 0 bridgehead atoms. The zero-order valence-electron chi connectivity index (χ0n) is 11.7. The van der Waals surface area contributed by atoms with Gasteiger partial charge in [0, 0.05) is 0 Å². The molecule has 2 aromatic rings. The van der Waals surface area contributed by atoms with Crippen LogP contribution in [0.25, 0.3) is 10.8 Å². The lowest BCUT2D eigenvalue weighted by atomic mass is 10.1. The van der Waals surface area contributed by atoms with Crippen LogP contribution in [0.1, 0.15) is 1.37 Å². The van der Waals surface area contributed by atoms with Crippen LogP contribution in [0, 0.1) is 0 Å². The molecule has 1 atom stereocenters. The van der Waals surface area contributed by atoms with Crippen molar-refractivity contribution in [2.24, 2.45) is 5.73 Å². The van der Waals surface area contributed by atoms with Crippen molar-refractivity contribution in [1.82, 2.24) is 0 Å². The average Bonchev–Trinajstić information content (AvgIpc) is 2.46. The van der Waals surface area contributed by atoms with Gasteiger partial charge in [-0.15, -0.1) is 0 Å². The maximum atomic E-state index is 11.3. The van der Waals surface area contributed by atoms with Crippen molar-refractivity contribution in [3.05, 3.63) is 42.5 Å². The van der Waals surface area contributed by atoms with Gasteiger partial charge in [-0.3, -0.25) is 9.35 Å². The number of halogens is 1. The number of benzene rings is 2. The molecule has 0 saturated carbocycles. The van der Waals surface area contributed by atoms with E-state index < -0.39 is 28.8 Å². The van der Waals surface area contributed by atoms with Crippen molar-refractivity contribution in [1.29, 1.82) is 0 Å². The topological polar surface area (TPSA) is 118 Å². The summed E-state index contributed by atoms with van der Waals surface area (Å²) < 4.78 is 48.2. The summed E-state index contributed by atoms with van der Waals surface area (Å²) in [5, 5.41) is 9.63. The third kappa shape index (κ3) is 5.10. The van der Waals surface area contributed by atoms with Crippen molar-refractivity contribution < 1.29 is 28.6 Å². The van der Waals surface area contributed by atoms with Crippen LogP contribution in [0.2, 0.25) is 0 Å². The van der Waals surface area contributed by atoms with Crippen LogP contribution in [0.15, 0.2) is 47.4 Å². The maximum absolute atomic E-state index is 11.3. The summed E-state index contributed by atoms with van der Waals surface area (Å²) >= 11 is 0. The predicted molar refractivity (Wildman–Crippen MR) is 75.3 cm³/mol. The molecule has 21 heavy (non-hydrogen) atoms. The number of carbonyl (C=O) groups is 1. The van der Waals surface area contributed by atoms with E-state index in [0.717, 1.165) is 10.8 Å². The van der Waals surface area contributed by atoms with Crippen LogP contribution in [-0.2, 0) is 14.9 Å². The Balaban J connectivity index is 0.000000261. The Kier molecular flexibility index (Phi) is 5.20. The summed E-state index contributed by atoms with van der Waals surface area (Å²) in [6.07, 6.45) is 0. The molecule has 4 N–H and O–H groups in total. The second-order valence-electron chi connectivity index (χ2n) is 3.95. The van der Waals surface area contributed by atoms with Gasteiger partial charge in [0.25, 0.3) is 10.1 Å². The van der Waals surface area contributed by atoms with E-state index in [1.54, 1.807) is 12.1 Å². The van der Waals surface area contributed by atoms with Gasteiger partial charge in [-0.05, 0) is 22.9 Å². The zero-order valence-corrected chi connectivity index (χ0v) is 11.5. The molecule has 2 aromatic carbocycles. The van der Waals surface area contributed by atoms with Crippen molar-refractivity contribution >= 4 is 26.9 Å². The molecule has 0 aliphatic carbocycles. The Bertz CT molecular complexity index is 779. The minimum atomic E-state index is -4.09. The number of carboxylic acids is 1. The summed E-state index contributed by atoms with van der Waals surface area (Å²) in [4.78, 5) is 9.63. The number of nitrogens with two attached hydrogens (primary N) is 1. The van der Waals surface area contributed by atoms with Crippen LogP contribution >= 0.6 is 0 Å². The molecule has 1 unspecified atom stereocenters. The van der Waals surface area contributed by atoms with Crippen LogP contribution in [0.5, 0.6) is 0 Å². The average molecular weight is 316 g/mol. The van der Waals surface area contributed by atoms with E-state index in [0.29, 0.717) is 0 Å². The Morgan fingerprint density at radius 2 is 1.86 bits per heavy atom. The standard InChI is InChI=1S/C10H8O3S.C3H6FNO2/c11-14(12,13)10-6-5-8-3-1-2-4-9(8)7-10;4-1-2(5)3(6)7/h1-7H,(H,11,12,13);2H,1,5H2,(H,6,7)/i;2D. The Morgan fingerprint density at radius 1 is 1.29 bits per heavy atom. The SMILES string of the molecule is O=S(=O)(O)c1ccc2ccccc2c1.[2H]C(N)(CF)C(=O)O. The summed E-state index contributed by atoms with van der Waals surface area (Å²) in [6.45, 7) is -1.37. The highest BCUT2D eigenvalue weighted by Gasteiger charge is 2.09. The van der Waals surface area contributed by atoms with Crippen molar-refractivity contribution in [3.8, 4) is 0 Å². The predicted octanol–water partition coefficient (Wildman–Crippen LogP) is 1.45. The van der Waals surface area contributed by atoms with Gasteiger partial charge in [0.1, 0.15) is 12.7 Å². The molecular formula is C13H14FNO5S. The summed E-state index contributed by atoms with van der Waals surface area (Å²) in [6, 6.07) is 9.40. The minimum Gasteiger partial charge on any atom is -0.480 e. The van der Waals surface area contributed by atoms with E-state index in [9.17, 15) is 17.6 Å². The third-order valence-electron chi connectivity index (χ3n) is 2.44. The molecule has 0 aliphatic rings. The molecular weight excluding hydrogens is 301 g/mol. The number of carboxylic acid groups (broad SMARTS) is 1. The van der Waals surface area contributed by atoms with Crippen LogP contribution in [0.4, 0.5) is 4.39 Å². The van der Waals surface area contributed by atoms with E-state index in [1.807, 2.05) is 18.2 Å². The fourth-order valence-electron chi connectivity index (χ4n) is 1.39. The fraction of sp³-hybridized carbons (Fsp3) is 0.154. The molecule has 0 amide bonds. The molecule has 0 saturated heterocycles. The van der Waals surface area contributed by atoms with Gasteiger partial charge in [0.15, 0.2) is 0 Å². The summed E-state index contributed by atoms with van der Waals surface area (Å²) in [5.41, 5.74) is 4.55. The van der Waals surface area contributed by atoms with Gasteiger partial charge in [-0.25, -0.2) is 4.39 Å². The Labute approximate surface area is 122 Å². The number of hydrogen-bond acceptors (Lipinski definition) is 4. The lowest BCUT2D eigenvalue weighted by Gasteiger charge is -1.99. The molecule has 2 rings (SSSR count). The van der Waals surface area contributed by atoms with Gasteiger partial charge in [-0.2, -0.15) is 8.42 Å². The molecule has 8 heteroatoms. The second kappa shape index (κ2) is 7.11. The number of hydrogen-bond donors (Lipinski definition) is 3. The normalized spacial score (nSPS) is 14.5. The van der Waals surface area contributed by atoms with Gasteiger partial charge in [-0.1, -0.05) is 30.3 Å². The molecule has 0 heterocycles. The van der Waals surface area contributed by atoms with Crippen LogP contribution in [-0.4, -0.2) is 36.7 Å². The zero-order chi connectivity index (χ0) is 17.0. The monoisotopic (exact) mass is 316 g/mol. The van der Waals surface area contributed by atoms with Crippen molar-refractivity contribution in [3.63, 3.8) is 0 Å². The summed E-state index contributed by atoms with van der Waals surface area (Å²) in [7, 11) is -4.09. The Morgan fingerprint density at radius 3 is 2.29 bits per heavy atom. The molecule has 0 radical (unpaired) electrons. The fourth-order valence-corrected chi connectivity index (χ4v) is 1.90. The quantitative estimate of drug-likeness (QED) is 0.738. The highest BCUT2D eigenvalue weighted by Crippen LogP contribution is 2.18. The number of aliphatic carboxylic acids is 1. The molecule has 114 valence electrons. The largest absolute Gasteiger partial charge is 0.480 e.